The van der Waals surface area contributed by atoms with Crippen LogP contribution < -0.4 is 4.90 Å². The quantitative estimate of drug-likeness (QED) is 0.858. The fourth-order valence-electron chi connectivity index (χ4n) is 2.11. The normalized spacial score (nSPS) is 20.3. The molecule has 0 saturated carbocycles. The number of nitrogens with zero attached hydrogens (tertiary/aromatic N) is 2. The molecule has 5 heteroatoms. The first-order valence-corrected chi connectivity index (χ1v) is 6.56. The molecule has 1 fully saturated rings. The molecule has 1 atom stereocenters. The molecule has 0 aromatic carbocycles. The van der Waals surface area contributed by atoms with Gasteiger partial charge in [-0.25, -0.2) is 9.37 Å². The molecule has 1 aromatic rings. The number of hydrogen-bond acceptors (Lipinski definition) is 3. The monoisotopic (exact) mass is 302 g/mol. The zero-order chi connectivity index (χ0) is 12.3. The maximum absolute atomic E-state index is 13.7. The number of rotatable bonds is 3. The molecule has 2 heterocycles. The molecular formula is C12H16BrFN2O. The molecule has 0 N–H and O–H groups in total. The molecule has 3 nitrogen and oxygen atoms in total. The SMILES string of the molecule is CN(C[C@@H]1CCCOC1)c1ncc(Br)cc1F. The van der Waals surface area contributed by atoms with Gasteiger partial charge in [-0.1, -0.05) is 0 Å². The van der Waals surface area contributed by atoms with E-state index in [4.69, 9.17) is 4.74 Å². The molecule has 0 radical (unpaired) electrons. The van der Waals surface area contributed by atoms with E-state index in [1.807, 2.05) is 11.9 Å². The third-order valence-electron chi connectivity index (χ3n) is 2.94. The molecule has 94 valence electrons. The number of hydrogen-bond donors (Lipinski definition) is 0. The summed E-state index contributed by atoms with van der Waals surface area (Å²) in [4.78, 5) is 5.97. The van der Waals surface area contributed by atoms with Crippen LogP contribution in [0, 0.1) is 11.7 Å². The van der Waals surface area contributed by atoms with Crippen LogP contribution in [0.15, 0.2) is 16.7 Å². The lowest BCUT2D eigenvalue weighted by molar-refractivity contribution is 0.0575. The van der Waals surface area contributed by atoms with E-state index in [1.165, 1.54) is 6.07 Å². The number of halogens is 2. The van der Waals surface area contributed by atoms with Crippen LogP contribution in [0.1, 0.15) is 12.8 Å². The zero-order valence-electron chi connectivity index (χ0n) is 9.83. The predicted octanol–water partition coefficient (Wildman–Crippen LogP) is 2.85. The third-order valence-corrected chi connectivity index (χ3v) is 3.37. The largest absolute Gasteiger partial charge is 0.381 e. The van der Waals surface area contributed by atoms with Crippen molar-refractivity contribution in [2.45, 2.75) is 12.8 Å². The summed E-state index contributed by atoms with van der Waals surface area (Å²) in [6.45, 7) is 2.40. The van der Waals surface area contributed by atoms with Gasteiger partial charge in [0.1, 0.15) is 0 Å². The van der Waals surface area contributed by atoms with E-state index in [0.29, 0.717) is 16.2 Å². The van der Waals surface area contributed by atoms with Crippen LogP contribution in [0.5, 0.6) is 0 Å². The molecule has 0 amide bonds. The predicted molar refractivity (Wildman–Crippen MR) is 68.7 cm³/mol. The molecule has 0 bridgehead atoms. The van der Waals surface area contributed by atoms with Crippen molar-refractivity contribution in [3.05, 3.63) is 22.6 Å². The Kier molecular flexibility index (Phi) is 4.34. The summed E-state index contributed by atoms with van der Waals surface area (Å²) < 4.78 is 19.8. The molecule has 0 spiro atoms. The van der Waals surface area contributed by atoms with Gasteiger partial charge in [-0.05, 0) is 40.8 Å². The fourth-order valence-corrected chi connectivity index (χ4v) is 2.42. The summed E-state index contributed by atoms with van der Waals surface area (Å²) in [6.07, 6.45) is 3.85. The maximum atomic E-state index is 13.7. The summed E-state index contributed by atoms with van der Waals surface area (Å²) in [6, 6.07) is 1.44. The van der Waals surface area contributed by atoms with Crippen LogP contribution in [0.3, 0.4) is 0 Å². The number of aromatic nitrogens is 1. The zero-order valence-corrected chi connectivity index (χ0v) is 11.4. The van der Waals surface area contributed by atoms with Gasteiger partial charge in [-0.15, -0.1) is 0 Å². The van der Waals surface area contributed by atoms with Gasteiger partial charge in [0.25, 0.3) is 0 Å². The highest BCUT2D eigenvalue weighted by atomic mass is 79.9. The fraction of sp³-hybridized carbons (Fsp3) is 0.583. The van der Waals surface area contributed by atoms with Crippen molar-refractivity contribution in [1.29, 1.82) is 0 Å². The molecule has 1 aromatic heterocycles. The van der Waals surface area contributed by atoms with Crippen molar-refractivity contribution in [2.24, 2.45) is 5.92 Å². The van der Waals surface area contributed by atoms with Crippen molar-refractivity contribution in [1.82, 2.24) is 4.98 Å². The van der Waals surface area contributed by atoms with Crippen LogP contribution in [0.25, 0.3) is 0 Å². The van der Waals surface area contributed by atoms with Crippen LogP contribution >= 0.6 is 15.9 Å². The summed E-state index contributed by atoms with van der Waals surface area (Å²) >= 11 is 3.20. The smallest absolute Gasteiger partial charge is 0.166 e. The Morgan fingerprint density at radius 1 is 1.65 bits per heavy atom. The summed E-state index contributed by atoms with van der Waals surface area (Å²) in [5, 5.41) is 0. The van der Waals surface area contributed by atoms with Crippen molar-refractivity contribution in [2.75, 3.05) is 31.7 Å². The van der Waals surface area contributed by atoms with Crippen molar-refractivity contribution in [3.63, 3.8) is 0 Å². The highest BCUT2D eigenvalue weighted by Crippen LogP contribution is 2.21. The Bertz CT molecular complexity index is 383. The molecule has 0 aliphatic carbocycles. The number of ether oxygens (including phenoxy) is 1. The summed E-state index contributed by atoms with van der Waals surface area (Å²) in [7, 11) is 1.87. The first-order valence-electron chi connectivity index (χ1n) is 5.76. The Hall–Kier alpha value is -0.680. The Labute approximate surface area is 109 Å². The molecule has 1 saturated heterocycles. The first kappa shape index (κ1) is 12.8. The average molecular weight is 303 g/mol. The van der Waals surface area contributed by atoms with Crippen molar-refractivity contribution in [3.8, 4) is 0 Å². The topological polar surface area (TPSA) is 25.4 Å². The molecule has 1 aliphatic rings. The molecule has 17 heavy (non-hydrogen) atoms. The summed E-state index contributed by atoms with van der Waals surface area (Å²) in [5.41, 5.74) is 0. The minimum absolute atomic E-state index is 0.293. The van der Waals surface area contributed by atoms with Gasteiger partial charge in [0, 0.05) is 30.9 Å². The second-order valence-corrected chi connectivity index (χ2v) is 5.34. The van der Waals surface area contributed by atoms with Crippen LogP contribution in [0.2, 0.25) is 0 Å². The van der Waals surface area contributed by atoms with E-state index in [-0.39, 0.29) is 5.82 Å². The highest BCUT2D eigenvalue weighted by molar-refractivity contribution is 9.10. The molecule has 0 unspecified atom stereocenters. The Balaban J connectivity index is 2.00. The Morgan fingerprint density at radius 3 is 3.12 bits per heavy atom. The number of pyridine rings is 1. The van der Waals surface area contributed by atoms with E-state index in [9.17, 15) is 4.39 Å². The van der Waals surface area contributed by atoms with Crippen molar-refractivity contribution >= 4 is 21.7 Å². The van der Waals surface area contributed by atoms with E-state index in [2.05, 4.69) is 20.9 Å². The molecule has 2 rings (SSSR count). The van der Waals surface area contributed by atoms with Crippen LogP contribution in [-0.4, -0.2) is 31.8 Å². The minimum atomic E-state index is -0.293. The van der Waals surface area contributed by atoms with E-state index in [0.717, 1.165) is 32.6 Å². The van der Waals surface area contributed by atoms with E-state index >= 15 is 0 Å². The van der Waals surface area contributed by atoms with Gasteiger partial charge < -0.3 is 9.64 Å². The first-order chi connectivity index (χ1) is 8.16. The number of anilines is 1. The average Bonchev–Trinajstić information content (AvgIpc) is 2.30. The molecular weight excluding hydrogens is 287 g/mol. The van der Waals surface area contributed by atoms with Gasteiger partial charge >= 0.3 is 0 Å². The van der Waals surface area contributed by atoms with Gasteiger partial charge in [-0.2, -0.15) is 0 Å². The van der Waals surface area contributed by atoms with Crippen LogP contribution in [0.4, 0.5) is 10.2 Å². The van der Waals surface area contributed by atoms with E-state index in [1.54, 1.807) is 6.20 Å². The maximum Gasteiger partial charge on any atom is 0.166 e. The molecule has 1 aliphatic heterocycles. The summed E-state index contributed by atoms with van der Waals surface area (Å²) in [5.74, 6) is 0.580. The second-order valence-electron chi connectivity index (χ2n) is 4.42. The van der Waals surface area contributed by atoms with Gasteiger partial charge in [-0.3, -0.25) is 0 Å². The lowest BCUT2D eigenvalue weighted by Crippen LogP contribution is -2.31. The Morgan fingerprint density at radius 2 is 2.47 bits per heavy atom. The van der Waals surface area contributed by atoms with Crippen molar-refractivity contribution < 1.29 is 9.13 Å². The van der Waals surface area contributed by atoms with Gasteiger partial charge in [0.15, 0.2) is 11.6 Å². The van der Waals surface area contributed by atoms with Gasteiger partial charge in [0.05, 0.1) is 6.61 Å². The third kappa shape index (κ3) is 3.39. The second kappa shape index (κ2) is 5.78. The minimum Gasteiger partial charge on any atom is -0.381 e. The van der Waals surface area contributed by atoms with Crippen LogP contribution in [-0.2, 0) is 4.74 Å². The highest BCUT2D eigenvalue weighted by Gasteiger charge is 2.18. The lowest BCUT2D eigenvalue weighted by Gasteiger charge is -2.27. The standard InChI is InChI=1S/C12H16BrFN2O/c1-16(7-9-3-2-4-17-8-9)12-11(14)5-10(13)6-15-12/h5-6,9H,2-4,7-8H2,1H3/t9-/m0/s1. The lowest BCUT2D eigenvalue weighted by atomic mass is 10.0. The van der Waals surface area contributed by atoms with Gasteiger partial charge in [0.2, 0.25) is 0 Å². The van der Waals surface area contributed by atoms with E-state index < -0.39 is 0 Å².